The predicted octanol–water partition coefficient (Wildman–Crippen LogP) is 2.18. The molecule has 2 saturated heterocycles. The van der Waals surface area contributed by atoms with Crippen molar-refractivity contribution < 1.29 is 43.3 Å². The van der Waals surface area contributed by atoms with Crippen molar-refractivity contribution in [1.82, 2.24) is 5.32 Å². The topological polar surface area (TPSA) is 156 Å². The molecular formula is C24H26N2O10. The third-order valence-electron chi connectivity index (χ3n) is 5.71. The molecule has 12 nitrogen and oxygen atoms in total. The number of nitrogens with zero attached hydrogens (tertiary/aromatic N) is 1. The van der Waals surface area contributed by atoms with Crippen molar-refractivity contribution in [2.24, 2.45) is 0 Å². The van der Waals surface area contributed by atoms with Gasteiger partial charge in [0.15, 0.2) is 6.29 Å². The Morgan fingerprint density at radius 2 is 1.86 bits per heavy atom. The lowest BCUT2D eigenvalue weighted by molar-refractivity contribution is -0.384. The van der Waals surface area contributed by atoms with E-state index in [1.165, 1.54) is 31.2 Å². The molecule has 2 aromatic carbocycles. The van der Waals surface area contributed by atoms with Gasteiger partial charge in [-0.2, -0.15) is 0 Å². The number of aliphatic carboxylic acids is 1. The van der Waals surface area contributed by atoms with Crippen molar-refractivity contribution in [2.75, 3.05) is 13.2 Å². The molecule has 0 aromatic heterocycles. The van der Waals surface area contributed by atoms with Crippen LogP contribution in [-0.2, 0) is 28.5 Å². The van der Waals surface area contributed by atoms with Crippen LogP contribution in [0.25, 0.3) is 0 Å². The zero-order valence-corrected chi connectivity index (χ0v) is 19.4. The number of amides is 1. The van der Waals surface area contributed by atoms with Crippen LogP contribution in [-0.4, -0.2) is 65.8 Å². The fourth-order valence-corrected chi connectivity index (χ4v) is 4.10. The van der Waals surface area contributed by atoms with Crippen LogP contribution in [0.3, 0.4) is 0 Å². The lowest BCUT2D eigenvalue weighted by Crippen LogP contribution is -2.68. The smallest absolute Gasteiger partial charge is 0.305 e. The minimum atomic E-state index is -1.08. The number of hydrogen-bond acceptors (Lipinski definition) is 9. The van der Waals surface area contributed by atoms with Gasteiger partial charge in [0.25, 0.3) is 5.69 Å². The van der Waals surface area contributed by atoms with Crippen molar-refractivity contribution in [3.8, 4) is 5.75 Å². The highest BCUT2D eigenvalue weighted by molar-refractivity contribution is 5.73. The number of non-ortho nitro benzene ring substituents is 1. The minimum Gasteiger partial charge on any atom is -0.481 e. The maximum atomic E-state index is 12.1. The first-order valence-corrected chi connectivity index (χ1v) is 11.3. The van der Waals surface area contributed by atoms with Gasteiger partial charge in [-0.3, -0.25) is 19.7 Å². The maximum Gasteiger partial charge on any atom is 0.305 e. The molecule has 4 rings (SSSR count). The highest BCUT2D eigenvalue weighted by atomic mass is 16.8. The molecule has 192 valence electrons. The molecule has 1 amide bonds. The third-order valence-corrected chi connectivity index (χ3v) is 5.71. The molecule has 1 unspecified atom stereocenters. The van der Waals surface area contributed by atoms with E-state index in [0.717, 1.165) is 5.56 Å². The van der Waals surface area contributed by atoms with Crippen molar-refractivity contribution >= 4 is 17.6 Å². The quantitative estimate of drug-likeness (QED) is 0.385. The summed E-state index contributed by atoms with van der Waals surface area (Å²) in [5.41, 5.74) is 0.668. The third kappa shape index (κ3) is 6.15. The second-order valence-corrected chi connectivity index (χ2v) is 8.29. The molecular weight excluding hydrogens is 476 g/mol. The highest BCUT2D eigenvalue weighted by Gasteiger charge is 2.52. The van der Waals surface area contributed by atoms with Crippen LogP contribution < -0.4 is 10.1 Å². The van der Waals surface area contributed by atoms with E-state index in [1.807, 2.05) is 30.3 Å². The molecule has 2 N–H and O–H groups in total. The monoisotopic (exact) mass is 502 g/mol. The summed E-state index contributed by atoms with van der Waals surface area (Å²) in [5.74, 6) is -1.16. The number of carboxylic acids is 1. The number of carbonyl (C=O) groups is 2. The standard InChI is InChI=1S/C24H26N2O10/c1-14(27)25-20-22(32-12-11-19(28)29)21-18(13-33-23(36-21)15-5-3-2-4-6-15)35-24(20)34-17-9-7-16(8-10-17)26(30)31/h2-10,18,20-24H,11-13H2,1H3,(H,25,27)(H,28,29)/t18-,20-,21-,22-,23?,24-/m1/s1. The van der Waals surface area contributed by atoms with Crippen LogP contribution in [0.15, 0.2) is 54.6 Å². The Balaban J connectivity index is 1.59. The number of nitro groups is 1. The van der Waals surface area contributed by atoms with Gasteiger partial charge < -0.3 is 34.1 Å². The molecule has 12 heteroatoms. The molecule has 2 heterocycles. The van der Waals surface area contributed by atoms with E-state index in [1.54, 1.807) is 0 Å². The van der Waals surface area contributed by atoms with Gasteiger partial charge >= 0.3 is 5.97 Å². The van der Waals surface area contributed by atoms with Gasteiger partial charge in [0.2, 0.25) is 12.2 Å². The molecule has 2 fully saturated rings. The van der Waals surface area contributed by atoms with Gasteiger partial charge in [-0.1, -0.05) is 30.3 Å². The van der Waals surface area contributed by atoms with Gasteiger partial charge in [0.1, 0.15) is 30.1 Å². The SMILES string of the molecule is CC(=O)N[C@H]1[C@H](Oc2ccc([N+](=O)[O-])cc2)O[C@@H]2COC(c3ccccc3)O[C@H]2[C@@H]1OCCC(=O)O. The van der Waals surface area contributed by atoms with E-state index in [0.29, 0.717) is 0 Å². The molecule has 0 aliphatic carbocycles. The summed E-state index contributed by atoms with van der Waals surface area (Å²) in [6.45, 7) is 1.31. The number of carboxylic acid groups (broad SMARTS) is 1. The first-order valence-electron chi connectivity index (χ1n) is 11.3. The Kier molecular flexibility index (Phi) is 8.10. The molecule has 0 saturated carbocycles. The molecule has 2 aliphatic rings. The zero-order valence-electron chi connectivity index (χ0n) is 19.4. The van der Waals surface area contributed by atoms with Crippen molar-refractivity contribution in [3.05, 3.63) is 70.3 Å². The normalized spacial score (nSPS) is 27.5. The maximum absolute atomic E-state index is 12.1. The highest BCUT2D eigenvalue weighted by Crippen LogP contribution is 2.36. The molecule has 0 radical (unpaired) electrons. The Hall–Kier alpha value is -3.58. The average molecular weight is 502 g/mol. The summed E-state index contributed by atoms with van der Waals surface area (Å²) < 4.78 is 30.1. The summed E-state index contributed by atoms with van der Waals surface area (Å²) in [7, 11) is 0. The summed E-state index contributed by atoms with van der Waals surface area (Å²) in [4.78, 5) is 33.6. The van der Waals surface area contributed by atoms with Gasteiger partial charge in [-0.25, -0.2) is 0 Å². The van der Waals surface area contributed by atoms with Crippen LogP contribution >= 0.6 is 0 Å². The van der Waals surface area contributed by atoms with Gasteiger partial charge in [0.05, 0.1) is 24.6 Å². The number of rotatable bonds is 9. The summed E-state index contributed by atoms with van der Waals surface area (Å²) in [5, 5.41) is 22.8. The van der Waals surface area contributed by atoms with E-state index in [4.69, 9.17) is 28.8 Å². The van der Waals surface area contributed by atoms with E-state index >= 15 is 0 Å². The number of ether oxygens (including phenoxy) is 5. The van der Waals surface area contributed by atoms with Gasteiger partial charge in [-0.15, -0.1) is 0 Å². The summed E-state index contributed by atoms with van der Waals surface area (Å²) in [6, 6.07) is 13.8. The fraction of sp³-hybridized carbons (Fsp3) is 0.417. The van der Waals surface area contributed by atoms with Crippen LogP contribution in [0.1, 0.15) is 25.2 Å². The van der Waals surface area contributed by atoms with Crippen molar-refractivity contribution in [2.45, 2.75) is 50.3 Å². The fourth-order valence-electron chi connectivity index (χ4n) is 4.10. The van der Waals surface area contributed by atoms with Crippen molar-refractivity contribution in [1.29, 1.82) is 0 Å². The van der Waals surface area contributed by atoms with Gasteiger partial charge in [0, 0.05) is 24.6 Å². The van der Waals surface area contributed by atoms with Crippen LogP contribution in [0, 0.1) is 10.1 Å². The molecule has 0 bridgehead atoms. The Morgan fingerprint density at radius 1 is 1.14 bits per heavy atom. The summed E-state index contributed by atoms with van der Waals surface area (Å²) >= 11 is 0. The molecule has 36 heavy (non-hydrogen) atoms. The Labute approximate surface area is 206 Å². The lowest BCUT2D eigenvalue weighted by atomic mass is 9.95. The second-order valence-electron chi connectivity index (χ2n) is 8.29. The minimum absolute atomic E-state index is 0.110. The molecule has 2 aromatic rings. The van der Waals surface area contributed by atoms with Crippen LogP contribution in [0.5, 0.6) is 5.75 Å². The van der Waals surface area contributed by atoms with Crippen molar-refractivity contribution in [3.63, 3.8) is 0 Å². The molecule has 2 aliphatic heterocycles. The zero-order chi connectivity index (χ0) is 25.7. The van der Waals surface area contributed by atoms with E-state index in [9.17, 15) is 19.7 Å². The average Bonchev–Trinajstić information content (AvgIpc) is 2.86. The number of hydrogen-bond donors (Lipinski definition) is 2. The number of carbonyl (C=O) groups excluding carboxylic acids is 1. The Morgan fingerprint density at radius 3 is 2.50 bits per heavy atom. The first kappa shape index (κ1) is 25.5. The van der Waals surface area contributed by atoms with Crippen LogP contribution in [0.2, 0.25) is 0 Å². The van der Waals surface area contributed by atoms with E-state index in [2.05, 4.69) is 5.32 Å². The number of fused-ring (bicyclic) bond motifs is 1. The predicted molar refractivity (Wildman–Crippen MR) is 122 cm³/mol. The Bertz CT molecular complexity index is 1060. The largest absolute Gasteiger partial charge is 0.481 e. The lowest BCUT2D eigenvalue weighted by Gasteiger charge is -2.49. The summed E-state index contributed by atoms with van der Waals surface area (Å²) in [6.07, 6.45) is -4.27. The first-order chi connectivity index (χ1) is 17.3. The molecule has 0 spiro atoms. The number of nitro benzene ring substituents is 1. The van der Waals surface area contributed by atoms with E-state index < -0.39 is 53.7 Å². The van der Waals surface area contributed by atoms with E-state index in [-0.39, 0.29) is 31.1 Å². The number of nitrogens with one attached hydrogen (secondary N) is 1. The van der Waals surface area contributed by atoms with Gasteiger partial charge in [-0.05, 0) is 12.1 Å². The second kappa shape index (κ2) is 11.4. The van der Waals surface area contributed by atoms with Crippen LogP contribution in [0.4, 0.5) is 5.69 Å². The number of benzene rings is 2. The molecule has 6 atom stereocenters.